The van der Waals surface area contributed by atoms with Crippen molar-refractivity contribution in [1.29, 1.82) is 0 Å². The molecular weight excluding hydrogens is 326 g/mol. The number of amides is 1. The van der Waals surface area contributed by atoms with E-state index in [1.54, 1.807) is 0 Å². The summed E-state index contributed by atoms with van der Waals surface area (Å²) in [5.74, 6) is 0.0121. The minimum absolute atomic E-state index is 0.0121. The molecule has 1 aliphatic rings. The maximum absolute atomic E-state index is 12.5. The van der Waals surface area contributed by atoms with Gasteiger partial charge in [0, 0.05) is 25.9 Å². The molecule has 1 fully saturated rings. The molecule has 0 aromatic heterocycles. The Labute approximate surface area is 154 Å². The Morgan fingerprint density at radius 1 is 1.00 bits per heavy atom. The molecule has 0 aliphatic carbocycles. The minimum Gasteiger partial charge on any atom is -0.391 e. The number of benzene rings is 2. The quantitative estimate of drug-likeness (QED) is 0.814. The lowest BCUT2D eigenvalue weighted by Crippen LogP contribution is -2.48. The largest absolute Gasteiger partial charge is 0.391 e. The van der Waals surface area contributed by atoms with Crippen molar-refractivity contribution in [2.45, 2.75) is 31.9 Å². The highest BCUT2D eigenvalue weighted by atomic mass is 16.6. The molecule has 3 rings (SSSR count). The van der Waals surface area contributed by atoms with Crippen molar-refractivity contribution >= 4 is 11.6 Å². The van der Waals surface area contributed by atoms with E-state index in [0.717, 1.165) is 29.7 Å². The number of hydrogen-bond acceptors (Lipinski definition) is 4. The van der Waals surface area contributed by atoms with E-state index in [9.17, 15) is 4.79 Å². The number of nitrogens with two attached hydrogens (primary N) is 1. The van der Waals surface area contributed by atoms with Crippen LogP contribution in [0.25, 0.3) is 0 Å². The first-order chi connectivity index (χ1) is 12.7. The lowest BCUT2D eigenvalue weighted by Gasteiger charge is -2.29. The van der Waals surface area contributed by atoms with E-state index in [2.05, 4.69) is 5.16 Å². The highest BCUT2D eigenvalue weighted by Crippen LogP contribution is 2.12. The van der Waals surface area contributed by atoms with Gasteiger partial charge in [0.15, 0.2) is 0 Å². The van der Waals surface area contributed by atoms with Gasteiger partial charge in [0.25, 0.3) is 0 Å². The third-order valence-electron chi connectivity index (χ3n) is 4.54. The van der Waals surface area contributed by atoms with Crippen molar-refractivity contribution in [3.05, 3.63) is 71.8 Å². The predicted octanol–water partition coefficient (Wildman–Crippen LogP) is 2.75. The van der Waals surface area contributed by atoms with Crippen LogP contribution in [0, 0.1) is 0 Å². The molecule has 2 aromatic rings. The molecule has 5 nitrogen and oxygen atoms in total. The molecule has 1 atom stereocenters. The van der Waals surface area contributed by atoms with E-state index in [1.807, 2.05) is 65.6 Å². The third kappa shape index (κ3) is 5.17. The predicted molar refractivity (Wildman–Crippen MR) is 103 cm³/mol. The van der Waals surface area contributed by atoms with Gasteiger partial charge < -0.3 is 15.5 Å². The smallest absolute Gasteiger partial charge is 0.239 e. The van der Waals surface area contributed by atoms with E-state index in [-0.39, 0.29) is 5.91 Å². The van der Waals surface area contributed by atoms with Crippen LogP contribution in [-0.4, -0.2) is 35.7 Å². The van der Waals surface area contributed by atoms with Gasteiger partial charge in [-0.05, 0) is 17.5 Å². The van der Waals surface area contributed by atoms with Crippen molar-refractivity contribution in [1.82, 2.24) is 4.90 Å². The number of oxime groups is 1. The van der Waals surface area contributed by atoms with Crippen molar-refractivity contribution < 1.29 is 9.63 Å². The molecule has 5 heteroatoms. The van der Waals surface area contributed by atoms with Crippen LogP contribution in [0.3, 0.4) is 0 Å². The lowest BCUT2D eigenvalue weighted by atomic mass is 10.0. The Morgan fingerprint density at radius 3 is 2.19 bits per heavy atom. The second kappa shape index (κ2) is 9.15. The normalized spacial score (nSPS) is 15.4. The topological polar surface area (TPSA) is 67.9 Å². The fourth-order valence-corrected chi connectivity index (χ4v) is 3.04. The molecule has 2 aromatic carbocycles. The zero-order valence-corrected chi connectivity index (χ0v) is 14.9. The average Bonchev–Trinajstić information content (AvgIpc) is 2.69. The number of carbonyl (C=O) groups is 1. The van der Waals surface area contributed by atoms with Gasteiger partial charge in [0.05, 0.1) is 11.8 Å². The van der Waals surface area contributed by atoms with E-state index < -0.39 is 6.04 Å². The number of likely N-dealkylation sites (tertiary alicyclic amines) is 1. The summed E-state index contributed by atoms with van der Waals surface area (Å²) in [4.78, 5) is 19.8. The van der Waals surface area contributed by atoms with Gasteiger partial charge in [0.1, 0.15) is 6.61 Å². The van der Waals surface area contributed by atoms with Crippen molar-refractivity contribution in [2.24, 2.45) is 10.9 Å². The molecule has 1 saturated heterocycles. The molecule has 26 heavy (non-hydrogen) atoms. The van der Waals surface area contributed by atoms with Crippen LogP contribution in [0.1, 0.15) is 24.0 Å². The van der Waals surface area contributed by atoms with E-state index in [4.69, 9.17) is 10.6 Å². The molecular formula is C21H25N3O2. The molecule has 0 spiro atoms. The first-order valence-corrected chi connectivity index (χ1v) is 9.02. The number of carbonyl (C=O) groups excluding carboxylic acids is 1. The summed E-state index contributed by atoms with van der Waals surface area (Å²) in [6.07, 6.45) is 2.04. The number of piperidine rings is 1. The van der Waals surface area contributed by atoms with Crippen molar-refractivity contribution in [3.63, 3.8) is 0 Å². The Hall–Kier alpha value is -2.66. The van der Waals surface area contributed by atoms with E-state index >= 15 is 0 Å². The number of rotatable bonds is 6. The van der Waals surface area contributed by atoms with Gasteiger partial charge in [-0.3, -0.25) is 4.79 Å². The first kappa shape index (κ1) is 18.1. The van der Waals surface area contributed by atoms with Crippen LogP contribution in [0.2, 0.25) is 0 Å². The second-order valence-electron chi connectivity index (χ2n) is 6.54. The van der Waals surface area contributed by atoms with Crippen molar-refractivity contribution in [2.75, 3.05) is 13.1 Å². The van der Waals surface area contributed by atoms with Crippen LogP contribution >= 0.6 is 0 Å². The van der Waals surface area contributed by atoms with E-state index in [0.29, 0.717) is 26.1 Å². The molecule has 1 unspecified atom stereocenters. The Bertz CT molecular complexity index is 721. The van der Waals surface area contributed by atoms with Crippen LogP contribution in [0.4, 0.5) is 0 Å². The van der Waals surface area contributed by atoms with Crippen molar-refractivity contribution in [3.8, 4) is 0 Å². The molecule has 0 bridgehead atoms. The summed E-state index contributed by atoms with van der Waals surface area (Å²) in [6, 6.07) is 19.3. The highest BCUT2D eigenvalue weighted by molar-refractivity contribution is 5.88. The summed E-state index contributed by atoms with van der Waals surface area (Å²) in [5.41, 5.74) is 9.29. The van der Waals surface area contributed by atoms with Crippen LogP contribution < -0.4 is 5.73 Å². The fraction of sp³-hybridized carbons (Fsp3) is 0.333. The van der Waals surface area contributed by atoms with Gasteiger partial charge in [-0.25, -0.2) is 0 Å². The number of hydrogen-bond donors (Lipinski definition) is 1. The number of nitrogens with zero attached hydrogens (tertiary/aromatic N) is 2. The Kier molecular flexibility index (Phi) is 6.39. The summed E-state index contributed by atoms with van der Waals surface area (Å²) in [5, 5.41) is 4.23. The second-order valence-corrected chi connectivity index (χ2v) is 6.54. The van der Waals surface area contributed by atoms with E-state index in [1.165, 1.54) is 0 Å². The molecule has 1 heterocycles. The van der Waals surface area contributed by atoms with Gasteiger partial charge >= 0.3 is 0 Å². The highest BCUT2D eigenvalue weighted by Gasteiger charge is 2.24. The van der Waals surface area contributed by atoms with Crippen LogP contribution in [0.15, 0.2) is 65.8 Å². The maximum atomic E-state index is 12.5. The molecule has 0 saturated carbocycles. The standard InChI is InChI=1S/C21H25N3O2/c22-20(15-17-7-3-1-4-8-17)21(25)24-13-11-19(12-14-24)23-26-16-18-9-5-2-6-10-18/h1-10,20H,11-16,22H2. The average molecular weight is 351 g/mol. The van der Waals surface area contributed by atoms with Gasteiger partial charge in [-0.2, -0.15) is 0 Å². The molecule has 2 N–H and O–H groups in total. The zero-order chi connectivity index (χ0) is 18.2. The maximum Gasteiger partial charge on any atom is 0.239 e. The first-order valence-electron chi connectivity index (χ1n) is 9.02. The van der Waals surface area contributed by atoms with Crippen LogP contribution in [-0.2, 0) is 22.7 Å². The third-order valence-corrected chi connectivity index (χ3v) is 4.54. The summed E-state index contributed by atoms with van der Waals surface area (Å²) >= 11 is 0. The molecule has 136 valence electrons. The summed E-state index contributed by atoms with van der Waals surface area (Å²) in [6.45, 7) is 1.76. The monoisotopic (exact) mass is 351 g/mol. The lowest BCUT2D eigenvalue weighted by molar-refractivity contribution is -0.132. The Balaban J connectivity index is 1.44. The molecule has 1 aliphatic heterocycles. The summed E-state index contributed by atoms with van der Waals surface area (Å²) in [7, 11) is 0. The zero-order valence-electron chi connectivity index (χ0n) is 14.9. The Morgan fingerprint density at radius 2 is 1.58 bits per heavy atom. The van der Waals surface area contributed by atoms with Crippen LogP contribution in [0.5, 0.6) is 0 Å². The summed E-state index contributed by atoms with van der Waals surface area (Å²) < 4.78 is 0. The molecule has 0 radical (unpaired) electrons. The van der Waals surface area contributed by atoms with Gasteiger partial charge in [-0.15, -0.1) is 0 Å². The van der Waals surface area contributed by atoms with Gasteiger partial charge in [0.2, 0.25) is 5.91 Å². The minimum atomic E-state index is -0.495. The van der Waals surface area contributed by atoms with Gasteiger partial charge in [-0.1, -0.05) is 65.8 Å². The SMILES string of the molecule is NC(Cc1ccccc1)C(=O)N1CCC(=NOCc2ccccc2)CC1. The molecule has 1 amide bonds. The fourth-order valence-electron chi connectivity index (χ4n) is 3.04.